The van der Waals surface area contributed by atoms with Gasteiger partial charge in [-0.25, -0.2) is 0 Å². The SMILES string of the molecule is CC(C)[C@H](NC(=O)c1cccs1)C(=O)N1CCC[C@H](C(=O)Nc2ccccc2)C1. The number of thiophene rings is 1. The third-order valence-electron chi connectivity index (χ3n) is 5.11. The lowest BCUT2D eigenvalue weighted by atomic mass is 9.94. The van der Waals surface area contributed by atoms with Crippen molar-refractivity contribution >= 4 is 34.7 Å². The number of amides is 3. The number of nitrogens with one attached hydrogen (secondary N) is 2. The number of carbonyl (C=O) groups is 3. The van der Waals surface area contributed by atoms with Crippen molar-refractivity contribution in [2.45, 2.75) is 32.7 Å². The van der Waals surface area contributed by atoms with Gasteiger partial charge in [-0.2, -0.15) is 0 Å². The van der Waals surface area contributed by atoms with Gasteiger partial charge < -0.3 is 15.5 Å². The Balaban J connectivity index is 1.63. The molecule has 1 fully saturated rings. The number of hydrogen-bond donors (Lipinski definition) is 2. The molecule has 0 saturated carbocycles. The van der Waals surface area contributed by atoms with Crippen molar-refractivity contribution < 1.29 is 14.4 Å². The summed E-state index contributed by atoms with van der Waals surface area (Å²) in [6.07, 6.45) is 1.51. The zero-order valence-corrected chi connectivity index (χ0v) is 17.6. The molecule has 29 heavy (non-hydrogen) atoms. The number of benzene rings is 1. The van der Waals surface area contributed by atoms with Crippen molar-refractivity contribution in [3.63, 3.8) is 0 Å². The van der Waals surface area contributed by atoms with Crippen LogP contribution >= 0.6 is 11.3 Å². The lowest BCUT2D eigenvalue weighted by molar-refractivity contribution is -0.137. The van der Waals surface area contributed by atoms with Gasteiger partial charge in [0.1, 0.15) is 6.04 Å². The summed E-state index contributed by atoms with van der Waals surface area (Å²) in [4.78, 5) is 40.6. The number of para-hydroxylation sites is 1. The maximum Gasteiger partial charge on any atom is 0.262 e. The lowest BCUT2D eigenvalue weighted by Crippen LogP contribution is -2.54. The Labute approximate surface area is 175 Å². The molecule has 154 valence electrons. The predicted molar refractivity (Wildman–Crippen MR) is 115 cm³/mol. The number of likely N-dealkylation sites (tertiary alicyclic amines) is 1. The van der Waals surface area contributed by atoms with Crippen molar-refractivity contribution in [3.05, 3.63) is 52.7 Å². The van der Waals surface area contributed by atoms with E-state index in [4.69, 9.17) is 0 Å². The molecule has 0 radical (unpaired) electrons. The lowest BCUT2D eigenvalue weighted by Gasteiger charge is -2.35. The summed E-state index contributed by atoms with van der Waals surface area (Å²) in [5.41, 5.74) is 0.754. The molecule has 0 bridgehead atoms. The first-order valence-electron chi connectivity index (χ1n) is 9.94. The molecule has 2 heterocycles. The normalized spacial score (nSPS) is 17.6. The van der Waals surface area contributed by atoms with E-state index in [0.717, 1.165) is 18.5 Å². The van der Waals surface area contributed by atoms with Gasteiger partial charge in [0.25, 0.3) is 5.91 Å². The first kappa shape index (κ1) is 21.0. The zero-order chi connectivity index (χ0) is 20.8. The molecular formula is C22H27N3O3S. The summed E-state index contributed by atoms with van der Waals surface area (Å²) in [5, 5.41) is 7.64. The average Bonchev–Trinajstić information content (AvgIpc) is 3.27. The molecule has 3 rings (SSSR count). The summed E-state index contributed by atoms with van der Waals surface area (Å²) in [7, 11) is 0. The Bertz CT molecular complexity index is 836. The predicted octanol–water partition coefficient (Wildman–Crippen LogP) is 3.38. The van der Waals surface area contributed by atoms with Crippen molar-refractivity contribution in [2.24, 2.45) is 11.8 Å². The Morgan fingerprint density at radius 1 is 1.10 bits per heavy atom. The van der Waals surface area contributed by atoms with Gasteiger partial charge in [-0.05, 0) is 42.3 Å². The largest absolute Gasteiger partial charge is 0.340 e. The van der Waals surface area contributed by atoms with Crippen LogP contribution in [0.1, 0.15) is 36.4 Å². The van der Waals surface area contributed by atoms with E-state index in [2.05, 4.69) is 10.6 Å². The highest BCUT2D eigenvalue weighted by Gasteiger charge is 2.34. The first-order chi connectivity index (χ1) is 14.0. The maximum atomic E-state index is 13.2. The smallest absolute Gasteiger partial charge is 0.262 e. The zero-order valence-electron chi connectivity index (χ0n) is 16.8. The molecule has 7 heteroatoms. The van der Waals surface area contributed by atoms with Crippen LogP contribution in [0.15, 0.2) is 47.8 Å². The fourth-order valence-corrected chi connectivity index (χ4v) is 4.11. The summed E-state index contributed by atoms with van der Waals surface area (Å²) < 4.78 is 0. The molecule has 1 saturated heterocycles. The van der Waals surface area contributed by atoms with E-state index in [1.165, 1.54) is 11.3 Å². The monoisotopic (exact) mass is 413 g/mol. The van der Waals surface area contributed by atoms with Crippen LogP contribution in [0.5, 0.6) is 0 Å². The van der Waals surface area contributed by atoms with E-state index in [1.54, 1.807) is 11.0 Å². The van der Waals surface area contributed by atoms with Crippen LogP contribution < -0.4 is 10.6 Å². The third-order valence-corrected chi connectivity index (χ3v) is 5.98. The summed E-state index contributed by atoms with van der Waals surface area (Å²) in [6.45, 7) is 4.81. The van der Waals surface area contributed by atoms with Crippen molar-refractivity contribution in [1.29, 1.82) is 0 Å². The highest BCUT2D eigenvalue weighted by atomic mass is 32.1. The second-order valence-electron chi connectivity index (χ2n) is 7.65. The van der Waals surface area contributed by atoms with E-state index < -0.39 is 6.04 Å². The van der Waals surface area contributed by atoms with E-state index in [-0.39, 0.29) is 29.6 Å². The molecule has 3 amide bonds. The number of piperidine rings is 1. The molecule has 1 aromatic carbocycles. The number of rotatable bonds is 6. The van der Waals surface area contributed by atoms with Crippen LogP contribution in [-0.4, -0.2) is 41.8 Å². The van der Waals surface area contributed by atoms with Crippen LogP contribution in [0.3, 0.4) is 0 Å². The fraction of sp³-hybridized carbons (Fsp3) is 0.409. The molecule has 1 aromatic heterocycles. The van der Waals surface area contributed by atoms with Gasteiger partial charge in [-0.3, -0.25) is 14.4 Å². The molecule has 0 spiro atoms. The minimum atomic E-state index is -0.611. The molecule has 6 nitrogen and oxygen atoms in total. The van der Waals surface area contributed by atoms with Crippen LogP contribution in [-0.2, 0) is 9.59 Å². The quantitative estimate of drug-likeness (QED) is 0.762. The highest BCUT2D eigenvalue weighted by molar-refractivity contribution is 7.12. The summed E-state index contributed by atoms with van der Waals surface area (Å²) in [6, 6.07) is 12.3. The van der Waals surface area contributed by atoms with Gasteiger partial charge in [-0.15, -0.1) is 11.3 Å². The highest BCUT2D eigenvalue weighted by Crippen LogP contribution is 2.21. The second-order valence-corrected chi connectivity index (χ2v) is 8.60. The third kappa shape index (κ3) is 5.44. The van der Waals surface area contributed by atoms with Gasteiger partial charge in [0.15, 0.2) is 0 Å². The van der Waals surface area contributed by atoms with Gasteiger partial charge in [0, 0.05) is 18.8 Å². The van der Waals surface area contributed by atoms with Crippen molar-refractivity contribution in [1.82, 2.24) is 10.2 Å². The average molecular weight is 414 g/mol. The molecular weight excluding hydrogens is 386 g/mol. The van der Waals surface area contributed by atoms with Crippen molar-refractivity contribution in [3.8, 4) is 0 Å². The molecule has 1 aliphatic rings. The number of anilines is 1. The summed E-state index contributed by atoms with van der Waals surface area (Å²) >= 11 is 1.35. The van der Waals surface area contributed by atoms with Crippen LogP contribution in [0.25, 0.3) is 0 Å². The number of hydrogen-bond acceptors (Lipinski definition) is 4. The van der Waals surface area contributed by atoms with E-state index in [9.17, 15) is 14.4 Å². The summed E-state index contributed by atoms with van der Waals surface area (Å²) in [5.74, 6) is -0.736. The maximum absolute atomic E-state index is 13.2. The minimum Gasteiger partial charge on any atom is -0.340 e. The number of nitrogens with zero attached hydrogens (tertiary/aromatic N) is 1. The minimum absolute atomic E-state index is 0.0510. The Morgan fingerprint density at radius 3 is 2.52 bits per heavy atom. The topological polar surface area (TPSA) is 78.5 Å². The Kier molecular flexibility index (Phi) is 7.04. The molecule has 2 aromatic rings. The van der Waals surface area contributed by atoms with Crippen LogP contribution in [0.4, 0.5) is 5.69 Å². The fourth-order valence-electron chi connectivity index (χ4n) is 3.49. The Hall–Kier alpha value is -2.67. The van der Waals surface area contributed by atoms with E-state index in [1.807, 2.05) is 55.6 Å². The first-order valence-corrected chi connectivity index (χ1v) is 10.8. The van der Waals surface area contributed by atoms with Crippen molar-refractivity contribution in [2.75, 3.05) is 18.4 Å². The molecule has 2 N–H and O–H groups in total. The number of carbonyl (C=O) groups excluding carboxylic acids is 3. The molecule has 0 aliphatic carbocycles. The molecule has 0 unspecified atom stereocenters. The molecule has 1 aliphatic heterocycles. The van der Waals surface area contributed by atoms with Gasteiger partial charge >= 0.3 is 0 Å². The van der Waals surface area contributed by atoms with Crippen LogP contribution in [0, 0.1) is 11.8 Å². The van der Waals surface area contributed by atoms with Gasteiger partial charge in [-0.1, -0.05) is 38.1 Å². The van der Waals surface area contributed by atoms with E-state index in [0.29, 0.717) is 18.0 Å². The molecule has 2 atom stereocenters. The van der Waals surface area contributed by atoms with E-state index >= 15 is 0 Å². The van der Waals surface area contributed by atoms with Gasteiger partial charge in [0.2, 0.25) is 11.8 Å². The Morgan fingerprint density at radius 2 is 1.86 bits per heavy atom. The van der Waals surface area contributed by atoms with Crippen LogP contribution in [0.2, 0.25) is 0 Å². The second kappa shape index (κ2) is 9.69. The standard InChI is InChI=1S/C22H27N3O3S/c1-15(2)19(24-21(27)18-11-7-13-29-18)22(28)25-12-6-8-16(14-25)20(26)23-17-9-4-3-5-10-17/h3-5,7,9-11,13,15-16,19H,6,8,12,14H2,1-2H3,(H,23,26)(H,24,27)/t16-,19-/m0/s1. The van der Waals surface area contributed by atoms with Gasteiger partial charge in [0.05, 0.1) is 10.8 Å².